The van der Waals surface area contributed by atoms with Crippen molar-refractivity contribution in [2.75, 3.05) is 0 Å². The summed E-state index contributed by atoms with van der Waals surface area (Å²) in [6.07, 6.45) is -4.90. The van der Waals surface area contributed by atoms with Crippen molar-refractivity contribution in [1.29, 1.82) is 0 Å². The van der Waals surface area contributed by atoms with Gasteiger partial charge in [0.05, 0.1) is 17.0 Å². The second-order valence-corrected chi connectivity index (χ2v) is 4.83. The Hall–Kier alpha value is -2.21. The highest BCUT2D eigenvalue weighted by molar-refractivity contribution is 6.31. The molecular formula is C15H10ClF3O3. The number of aliphatic carboxylic acids is 1. The normalized spacial score (nSPS) is 11.3. The number of hydrogen-bond acceptors (Lipinski definition) is 2. The molecule has 0 atom stereocenters. The molecular weight excluding hydrogens is 321 g/mol. The molecule has 0 radical (unpaired) electrons. The lowest BCUT2D eigenvalue weighted by atomic mass is 10.1. The molecule has 0 spiro atoms. The summed E-state index contributed by atoms with van der Waals surface area (Å²) in [5.74, 6) is -0.960. The molecule has 7 heteroatoms. The Kier molecular flexibility index (Phi) is 4.61. The number of alkyl halides is 3. The molecule has 0 amide bonds. The Morgan fingerprint density at radius 2 is 1.86 bits per heavy atom. The largest absolute Gasteiger partial charge is 0.481 e. The first-order chi connectivity index (χ1) is 10.3. The maximum absolute atomic E-state index is 12.8. The van der Waals surface area contributed by atoms with Crippen molar-refractivity contribution < 1.29 is 27.8 Å². The molecule has 22 heavy (non-hydrogen) atoms. The first kappa shape index (κ1) is 16.2. The van der Waals surface area contributed by atoms with Gasteiger partial charge in [0.2, 0.25) is 0 Å². The maximum Gasteiger partial charge on any atom is 0.417 e. The van der Waals surface area contributed by atoms with Crippen LogP contribution in [0.3, 0.4) is 0 Å². The zero-order valence-corrected chi connectivity index (χ0v) is 11.8. The lowest BCUT2D eigenvalue weighted by Crippen LogP contribution is -2.06. The lowest BCUT2D eigenvalue weighted by Gasteiger charge is -2.13. The molecule has 0 aliphatic rings. The van der Waals surface area contributed by atoms with E-state index < -0.39 is 22.7 Å². The number of halogens is 4. The van der Waals surface area contributed by atoms with E-state index in [4.69, 9.17) is 21.4 Å². The summed E-state index contributed by atoms with van der Waals surface area (Å²) in [6.45, 7) is 0. The predicted octanol–water partition coefficient (Wildman–Crippen LogP) is 4.78. The second-order valence-electron chi connectivity index (χ2n) is 4.42. The van der Waals surface area contributed by atoms with E-state index in [1.54, 1.807) is 12.1 Å². The molecule has 3 nitrogen and oxygen atoms in total. The van der Waals surface area contributed by atoms with Gasteiger partial charge in [-0.1, -0.05) is 29.8 Å². The Labute approximate surface area is 128 Å². The number of para-hydroxylation sites is 1. The van der Waals surface area contributed by atoms with Crippen LogP contribution in [0.25, 0.3) is 0 Å². The van der Waals surface area contributed by atoms with Crippen LogP contribution in [0, 0.1) is 0 Å². The lowest BCUT2D eigenvalue weighted by molar-refractivity contribution is -0.138. The Morgan fingerprint density at radius 1 is 1.18 bits per heavy atom. The summed E-state index contributed by atoms with van der Waals surface area (Å²) in [5.41, 5.74) is -0.652. The van der Waals surface area contributed by atoms with Crippen LogP contribution >= 0.6 is 11.6 Å². The SMILES string of the molecule is O=C(O)Cc1ccccc1Oc1ccc(Cl)c(C(F)(F)F)c1. The molecule has 1 N–H and O–H groups in total. The molecule has 0 saturated carbocycles. The molecule has 0 aromatic heterocycles. The second kappa shape index (κ2) is 6.27. The van der Waals surface area contributed by atoms with Crippen molar-refractivity contribution in [3.63, 3.8) is 0 Å². The summed E-state index contributed by atoms with van der Waals surface area (Å²) < 4.78 is 43.8. The van der Waals surface area contributed by atoms with E-state index >= 15 is 0 Å². The Bertz CT molecular complexity index is 699. The number of ether oxygens (including phenoxy) is 1. The summed E-state index contributed by atoms with van der Waals surface area (Å²) in [5, 5.41) is 8.39. The van der Waals surface area contributed by atoms with E-state index in [2.05, 4.69) is 0 Å². The molecule has 2 rings (SSSR count). The third kappa shape index (κ3) is 3.92. The topological polar surface area (TPSA) is 46.5 Å². The number of carbonyl (C=O) groups is 1. The average Bonchev–Trinajstić information content (AvgIpc) is 2.41. The highest BCUT2D eigenvalue weighted by Gasteiger charge is 2.33. The van der Waals surface area contributed by atoms with Crippen LogP contribution in [0.5, 0.6) is 11.5 Å². The minimum absolute atomic E-state index is 0.0745. The first-order valence-electron chi connectivity index (χ1n) is 6.11. The fraction of sp³-hybridized carbons (Fsp3) is 0.133. The van der Waals surface area contributed by atoms with Crippen LogP contribution in [0.4, 0.5) is 13.2 Å². The molecule has 0 fully saturated rings. The molecule has 0 aliphatic carbocycles. The van der Waals surface area contributed by atoms with Gasteiger partial charge in [0.15, 0.2) is 0 Å². The van der Waals surface area contributed by atoms with Gasteiger partial charge in [-0.25, -0.2) is 0 Å². The van der Waals surface area contributed by atoms with Gasteiger partial charge in [-0.15, -0.1) is 0 Å². The Balaban J connectivity index is 2.34. The van der Waals surface area contributed by atoms with Crippen molar-refractivity contribution >= 4 is 17.6 Å². The van der Waals surface area contributed by atoms with E-state index in [-0.39, 0.29) is 17.9 Å². The van der Waals surface area contributed by atoms with E-state index in [1.165, 1.54) is 18.2 Å². The number of carboxylic acid groups (broad SMARTS) is 1. The summed E-state index contributed by atoms with van der Waals surface area (Å²) in [6, 6.07) is 9.38. The molecule has 2 aromatic carbocycles. The van der Waals surface area contributed by atoms with Crippen molar-refractivity contribution in [2.24, 2.45) is 0 Å². The van der Waals surface area contributed by atoms with Crippen molar-refractivity contribution in [3.05, 3.63) is 58.6 Å². The number of benzene rings is 2. The van der Waals surface area contributed by atoms with E-state index in [0.717, 1.165) is 12.1 Å². The van der Waals surface area contributed by atoms with Gasteiger partial charge < -0.3 is 9.84 Å². The van der Waals surface area contributed by atoms with Crippen LogP contribution in [0.2, 0.25) is 5.02 Å². The summed E-state index contributed by atoms with van der Waals surface area (Å²) in [4.78, 5) is 10.8. The third-order valence-corrected chi connectivity index (χ3v) is 3.11. The van der Waals surface area contributed by atoms with Gasteiger partial charge >= 0.3 is 12.1 Å². The molecule has 0 bridgehead atoms. The molecule has 0 saturated heterocycles. The van der Waals surface area contributed by atoms with Gasteiger partial charge in [0.25, 0.3) is 0 Å². The zero-order valence-electron chi connectivity index (χ0n) is 11.0. The predicted molar refractivity (Wildman–Crippen MR) is 74.3 cm³/mol. The average molecular weight is 331 g/mol. The molecule has 2 aromatic rings. The number of carboxylic acids is 1. The van der Waals surface area contributed by atoms with Crippen molar-refractivity contribution in [3.8, 4) is 11.5 Å². The smallest absolute Gasteiger partial charge is 0.417 e. The summed E-state index contributed by atoms with van der Waals surface area (Å²) in [7, 11) is 0. The van der Waals surface area contributed by atoms with Gasteiger partial charge in [-0.2, -0.15) is 13.2 Å². The minimum atomic E-state index is -4.60. The van der Waals surface area contributed by atoms with Gasteiger partial charge in [-0.3, -0.25) is 4.79 Å². The van der Waals surface area contributed by atoms with E-state index in [9.17, 15) is 18.0 Å². The van der Waals surface area contributed by atoms with Crippen LogP contribution in [0.1, 0.15) is 11.1 Å². The number of rotatable bonds is 4. The third-order valence-electron chi connectivity index (χ3n) is 2.79. The Morgan fingerprint density at radius 3 is 2.50 bits per heavy atom. The summed E-state index contributed by atoms with van der Waals surface area (Å²) >= 11 is 5.53. The van der Waals surface area contributed by atoms with Crippen LogP contribution in [-0.4, -0.2) is 11.1 Å². The maximum atomic E-state index is 12.8. The molecule has 116 valence electrons. The molecule has 0 heterocycles. The fourth-order valence-electron chi connectivity index (χ4n) is 1.82. The van der Waals surface area contributed by atoms with Crippen LogP contribution < -0.4 is 4.74 Å². The highest BCUT2D eigenvalue weighted by atomic mass is 35.5. The highest BCUT2D eigenvalue weighted by Crippen LogP contribution is 2.38. The van der Waals surface area contributed by atoms with Gasteiger partial charge in [0.1, 0.15) is 11.5 Å². The monoisotopic (exact) mass is 330 g/mol. The van der Waals surface area contributed by atoms with Crippen molar-refractivity contribution in [2.45, 2.75) is 12.6 Å². The molecule has 0 aliphatic heterocycles. The standard InChI is InChI=1S/C15H10ClF3O3/c16-12-6-5-10(8-11(12)15(17,18)19)22-13-4-2-1-3-9(13)7-14(20)21/h1-6,8H,7H2,(H,20,21). The van der Waals surface area contributed by atoms with Crippen molar-refractivity contribution in [1.82, 2.24) is 0 Å². The van der Waals surface area contributed by atoms with Crippen LogP contribution in [0.15, 0.2) is 42.5 Å². The van der Waals surface area contributed by atoms with Crippen LogP contribution in [-0.2, 0) is 17.4 Å². The van der Waals surface area contributed by atoms with Gasteiger partial charge in [0, 0.05) is 5.56 Å². The van der Waals surface area contributed by atoms with Gasteiger partial charge in [-0.05, 0) is 24.3 Å². The minimum Gasteiger partial charge on any atom is -0.481 e. The fourth-order valence-corrected chi connectivity index (χ4v) is 2.05. The van der Waals surface area contributed by atoms with E-state index in [1.807, 2.05) is 0 Å². The first-order valence-corrected chi connectivity index (χ1v) is 6.49. The quantitative estimate of drug-likeness (QED) is 0.877. The number of hydrogen-bond donors (Lipinski definition) is 1. The molecule has 0 unspecified atom stereocenters. The van der Waals surface area contributed by atoms with E-state index in [0.29, 0.717) is 5.56 Å². The zero-order chi connectivity index (χ0) is 16.3.